The molecule has 2 atom stereocenters. The Morgan fingerprint density at radius 1 is 1.12 bits per heavy atom. The Morgan fingerprint density at radius 3 is 2.18 bits per heavy atom. The number of alkyl carbamates (subject to hydrolysis) is 1. The van der Waals surface area contributed by atoms with Crippen molar-refractivity contribution in [2.75, 3.05) is 6.61 Å². The molecular weight excluding hydrogens is 422 g/mol. The lowest BCUT2D eigenvalue weighted by atomic mass is 9.94. The summed E-state index contributed by atoms with van der Waals surface area (Å²) in [5, 5.41) is 15.3. The maximum absolute atomic E-state index is 13.7. The normalized spacial score (nSPS) is 13.6. The molecule has 1 aromatic carbocycles. The molecule has 8 nitrogen and oxygen atoms in total. The first-order valence-electron chi connectivity index (χ1n) is 11.1. The standard InChI is InChI=1S/C25H39N3O5/c1-10-17-12-11-13-18(14-17)20(21(30)26-16(2)3)28(24(4,5)6)22(31)19(15-29)27-23(32)33-25(7,8)9/h10-14,16,19-20,29H,1,15H2,2-9H3,(H,26,30)(H,27,32). The van der Waals surface area contributed by atoms with Crippen LogP contribution in [0.25, 0.3) is 6.08 Å². The number of ether oxygens (including phenoxy) is 1. The molecule has 0 aliphatic rings. The maximum Gasteiger partial charge on any atom is 0.408 e. The van der Waals surface area contributed by atoms with Gasteiger partial charge in [-0.1, -0.05) is 30.9 Å². The highest BCUT2D eigenvalue weighted by Crippen LogP contribution is 2.30. The third-order valence-corrected chi connectivity index (χ3v) is 4.53. The Kier molecular flexibility index (Phi) is 9.66. The summed E-state index contributed by atoms with van der Waals surface area (Å²) >= 11 is 0. The van der Waals surface area contributed by atoms with E-state index in [9.17, 15) is 19.5 Å². The van der Waals surface area contributed by atoms with Crippen LogP contribution in [0.15, 0.2) is 30.8 Å². The van der Waals surface area contributed by atoms with Gasteiger partial charge in [-0.2, -0.15) is 0 Å². The predicted octanol–water partition coefficient (Wildman–Crippen LogP) is 3.41. The van der Waals surface area contributed by atoms with Gasteiger partial charge in [-0.3, -0.25) is 9.59 Å². The van der Waals surface area contributed by atoms with Crippen LogP contribution in [0.2, 0.25) is 0 Å². The van der Waals surface area contributed by atoms with Gasteiger partial charge in [0.25, 0.3) is 0 Å². The van der Waals surface area contributed by atoms with Crippen molar-refractivity contribution in [1.29, 1.82) is 0 Å². The average molecular weight is 462 g/mol. The largest absolute Gasteiger partial charge is 0.444 e. The number of nitrogens with zero attached hydrogens (tertiary/aromatic N) is 1. The van der Waals surface area contributed by atoms with Gasteiger partial charge in [0.15, 0.2) is 0 Å². The summed E-state index contributed by atoms with van der Waals surface area (Å²) in [6.07, 6.45) is 0.825. The molecule has 3 amide bonds. The molecule has 0 heterocycles. The van der Waals surface area contributed by atoms with Crippen LogP contribution in [0, 0.1) is 0 Å². The molecule has 0 fully saturated rings. The SMILES string of the molecule is C=Cc1cccc(C(C(=O)NC(C)C)N(C(=O)C(CO)NC(=O)OC(C)(C)C)C(C)(C)C)c1. The Labute approximate surface area is 197 Å². The molecule has 33 heavy (non-hydrogen) atoms. The van der Waals surface area contributed by atoms with Crippen LogP contribution in [0.5, 0.6) is 0 Å². The number of benzene rings is 1. The molecule has 0 spiro atoms. The summed E-state index contributed by atoms with van der Waals surface area (Å²) in [5.74, 6) is -0.979. The van der Waals surface area contributed by atoms with Gasteiger partial charge in [-0.05, 0) is 72.6 Å². The topological polar surface area (TPSA) is 108 Å². The number of nitrogens with one attached hydrogen (secondary N) is 2. The van der Waals surface area contributed by atoms with Crippen LogP contribution in [0.1, 0.15) is 72.6 Å². The van der Waals surface area contributed by atoms with Gasteiger partial charge in [0, 0.05) is 11.6 Å². The van der Waals surface area contributed by atoms with Crippen LogP contribution >= 0.6 is 0 Å². The lowest BCUT2D eigenvalue weighted by Crippen LogP contribution is -2.59. The van der Waals surface area contributed by atoms with Crippen molar-refractivity contribution in [3.63, 3.8) is 0 Å². The van der Waals surface area contributed by atoms with Gasteiger partial charge in [0.05, 0.1) is 6.61 Å². The Morgan fingerprint density at radius 2 is 1.73 bits per heavy atom. The van der Waals surface area contributed by atoms with E-state index < -0.39 is 41.8 Å². The van der Waals surface area contributed by atoms with E-state index in [4.69, 9.17) is 4.74 Å². The van der Waals surface area contributed by atoms with Crippen molar-refractivity contribution in [2.24, 2.45) is 0 Å². The maximum atomic E-state index is 13.7. The Hall–Kier alpha value is -2.87. The molecule has 1 rings (SSSR count). The van der Waals surface area contributed by atoms with E-state index in [0.717, 1.165) is 5.56 Å². The fourth-order valence-electron chi connectivity index (χ4n) is 3.29. The average Bonchev–Trinajstić information content (AvgIpc) is 2.66. The number of carbonyl (C=O) groups is 3. The molecule has 3 N–H and O–H groups in total. The fraction of sp³-hybridized carbons (Fsp3) is 0.560. The molecular formula is C25H39N3O5. The third kappa shape index (κ3) is 8.53. The summed E-state index contributed by atoms with van der Waals surface area (Å²) in [5.41, 5.74) is -0.227. The van der Waals surface area contributed by atoms with E-state index in [1.165, 1.54) is 4.90 Å². The van der Waals surface area contributed by atoms with Crippen LogP contribution in [-0.4, -0.2) is 57.7 Å². The minimum absolute atomic E-state index is 0.159. The number of hydrogen-bond acceptors (Lipinski definition) is 5. The van der Waals surface area contributed by atoms with Gasteiger partial charge in [0.1, 0.15) is 17.7 Å². The van der Waals surface area contributed by atoms with Crippen LogP contribution in [0.4, 0.5) is 4.79 Å². The van der Waals surface area contributed by atoms with Crippen molar-refractivity contribution in [1.82, 2.24) is 15.5 Å². The molecule has 0 aliphatic heterocycles. The number of aliphatic hydroxyl groups excluding tert-OH is 1. The summed E-state index contributed by atoms with van der Waals surface area (Å²) in [6, 6.07) is 4.73. The molecule has 2 unspecified atom stereocenters. The van der Waals surface area contributed by atoms with Crippen LogP contribution in [-0.2, 0) is 14.3 Å². The molecule has 0 aromatic heterocycles. The predicted molar refractivity (Wildman–Crippen MR) is 129 cm³/mol. The smallest absolute Gasteiger partial charge is 0.408 e. The molecule has 0 radical (unpaired) electrons. The van der Waals surface area contributed by atoms with Crippen molar-refractivity contribution in [3.05, 3.63) is 42.0 Å². The van der Waals surface area contributed by atoms with Crippen molar-refractivity contribution in [2.45, 2.75) is 84.7 Å². The molecule has 0 saturated heterocycles. The molecule has 0 bridgehead atoms. The van der Waals surface area contributed by atoms with Crippen LogP contribution < -0.4 is 10.6 Å². The Bertz CT molecular complexity index is 852. The first kappa shape index (κ1) is 28.2. The van der Waals surface area contributed by atoms with E-state index >= 15 is 0 Å². The highest BCUT2D eigenvalue weighted by molar-refractivity contribution is 5.93. The molecule has 1 aromatic rings. The van der Waals surface area contributed by atoms with E-state index in [1.54, 1.807) is 65.8 Å². The second kappa shape index (κ2) is 11.3. The minimum atomic E-state index is -1.30. The second-order valence-corrected chi connectivity index (χ2v) is 10.2. The highest BCUT2D eigenvalue weighted by Gasteiger charge is 2.41. The fourth-order valence-corrected chi connectivity index (χ4v) is 3.29. The second-order valence-electron chi connectivity index (χ2n) is 10.2. The molecule has 8 heteroatoms. The quantitative estimate of drug-likeness (QED) is 0.550. The molecule has 0 aliphatic carbocycles. The van der Waals surface area contributed by atoms with Gasteiger partial charge in [-0.25, -0.2) is 4.79 Å². The zero-order valence-electron chi connectivity index (χ0n) is 21.1. The number of amides is 3. The summed E-state index contributed by atoms with van der Waals surface area (Å²) in [4.78, 5) is 40.7. The first-order chi connectivity index (χ1) is 15.1. The Balaban J connectivity index is 3.50. The highest BCUT2D eigenvalue weighted by atomic mass is 16.6. The monoisotopic (exact) mass is 461 g/mol. The summed E-state index contributed by atoms with van der Waals surface area (Å²) in [6.45, 7) is 17.3. The first-order valence-corrected chi connectivity index (χ1v) is 11.1. The van der Waals surface area contributed by atoms with Crippen LogP contribution in [0.3, 0.4) is 0 Å². The van der Waals surface area contributed by atoms with Gasteiger partial charge in [0.2, 0.25) is 11.8 Å². The number of hydrogen-bond donors (Lipinski definition) is 3. The lowest BCUT2D eigenvalue weighted by Gasteiger charge is -2.43. The zero-order valence-corrected chi connectivity index (χ0v) is 21.1. The van der Waals surface area contributed by atoms with Gasteiger partial charge < -0.3 is 25.4 Å². The van der Waals surface area contributed by atoms with E-state index in [1.807, 2.05) is 19.9 Å². The van der Waals surface area contributed by atoms with Gasteiger partial charge in [-0.15, -0.1) is 0 Å². The third-order valence-electron chi connectivity index (χ3n) is 4.53. The number of carbonyl (C=O) groups excluding carboxylic acids is 3. The molecule has 184 valence electrons. The summed E-state index contributed by atoms with van der Waals surface area (Å²) < 4.78 is 5.24. The lowest BCUT2D eigenvalue weighted by molar-refractivity contribution is -0.149. The van der Waals surface area contributed by atoms with Crippen molar-refractivity contribution < 1.29 is 24.2 Å². The van der Waals surface area contributed by atoms with E-state index in [-0.39, 0.29) is 11.9 Å². The van der Waals surface area contributed by atoms with Crippen molar-refractivity contribution in [3.8, 4) is 0 Å². The summed E-state index contributed by atoms with van der Waals surface area (Å²) in [7, 11) is 0. The van der Waals surface area contributed by atoms with Crippen molar-refractivity contribution >= 4 is 24.0 Å². The van der Waals surface area contributed by atoms with Gasteiger partial charge >= 0.3 is 6.09 Å². The number of rotatable bonds is 8. The molecule has 0 saturated carbocycles. The zero-order chi connectivity index (χ0) is 25.6. The van der Waals surface area contributed by atoms with E-state index in [2.05, 4.69) is 17.2 Å². The van der Waals surface area contributed by atoms with E-state index in [0.29, 0.717) is 5.56 Å². The minimum Gasteiger partial charge on any atom is -0.444 e. The number of aliphatic hydroxyl groups is 1.